The fourth-order valence-electron chi connectivity index (χ4n) is 1.79. The van der Waals surface area contributed by atoms with E-state index in [4.69, 9.17) is 9.84 Å². The maximum Gasteiger partial charge on any atom is 0.337 e. The SMILES string of the molecule is O=C(O)C12CNC(CCO1)C2. The van der Waals surface area contributed by atoms with Crippen molar-refractivity contribution in [2.45, 2.75) is 24.5 Å². The van der Waals surface area contributed by atoms with E-state index in [0.29, 0.717) is 25.6 Å². The summed E-state index contributed by atoms with van der Waals surface area (Å²) < 4.78 is 5.26. The van der Waals surface area contributed by atoms with Crippen LogP contribution >= 0.6 is 0 Å². The molecule has 0 radical (unpaired) electrons. The van der Waals surface area contributed by atoms with Gasteiger partial charge in [0.2, 0.25) is 0 Å². The minimum atomic E-state index is -0.900. The quantitative estimate of drug-likeness (QED) is 0.543. The molecule has 2 aliphatic rings. The lowest BCUT2D eigenvalue weighted by Crippen LogP contribution is -2.45. The summed E-state index contributed by atoms with van der Waals surface area (Å²) >= 11 is 0. The highest BCUT2D eigenvalue weighted by molar-refractivity contribution is 5.78. The Morgan fingerprint density at radius 2 is 2.55 bits per heavy atom. The van der Waals surface area contributed by atoms with Crippen molar-refractivity contribution in [1.82, 2.24) is 5.32 Å². The number of fused-ring (bicyclic) bond motifs is 2. The molecule has 2 atom stereocenters. The van der Waals surface area contributed by atoms with Gasteiger partial charge in [-0.3, -0.25) is 0 Å². The predicted molar refractivity (Wildman–Crippen MR) is 37.3 cm³/mol. The van der Waals surface area contributed by atoms with Crippen molar-refractivity contribution < 1.29 is 14.6 Å². The van der Waals surface area contributed by atoms with Crippen molar-refractivity contribution in [1.29, 1.82) is 0 Å². The molecule has 11 heavy (non-hydrogen) atoms. The van der Waals surface area contributed by atoms with Crippen LogP contribution in [0.4, 0.5) is 0 Å². The Bertz CT molecular complexity index is 190. The van der Waals surface area contributed by atoms with E-state index in [9.17, 15) is 4.79 Å². The molecule has 0 saturated carbocycles. The highest BCUT2D eigenvalue weighted by Gasteiger charge is 2.49. The lowest BCUT2D eigenvalue weighted by atomic mass is 9.96. The van der Waals surface area contributed by atoms with Crippen LogP contribution in [0.2, 0.25) is 0 Å². The molecule has 2 aliphatic heterocycles. The van der Waals surface area contributed by atoms with Crippen molar-refractivity contribution in [3.05, 3.63) is 0 Å². The molecule has 2 unspecified atom stereocenters. The van der Waals surface area contributed by atoms with E-state index in [2.05, 4.69) is 5.32 Å². The molecule has 2 fully saturated rings. The average Bonchev–Trinajstić information content (AvgIpc) is 2.29. The molecule has 2 bridgehead atoms. The normalized spacial score (nSPS) is 42.4. The number of hydrogen-bond donors (Lipinski definition) is 2. The number of aliphatic carboxylic acids is 1. The zero-order chi connectivity index (χ0) is 7.90. The van der Waals surface area contributed by atoms with Crippen LogP contribution in [-0.2, 0) is 9.53 Å². The number of carbonyl (C=O) groups is 1. The highest BCUT2D eigenvalue weighted by atomic mass is 16.5. The average molecular weight is 157 g/mol. The molecule has 2 rings (SSSR count). The minimum absolute atomic E-state index is 0.361. The maximum atomic E-state index is 10.8. The van der Waals surface area contributed by atoms with Crippen LogP contribution in [0.15, 0.2) is 0 Å². The molecule has 0 aliphatic carbocycles. The van der Waals surface area contributed by atoms with Gasteiger partial charge in [-0.15, -0.1) is 0 Å². The fourth-order valence-corrected chi connectivity index (χ4v) is 1.79. The van der Waals surface area contributed by atoms with Crippen molar-refractivity contribution >= 4 is 5.97 Å². The Balaban J connectivity index is 2.19. The molecule has 0 amide bonds. The Morgan fingerprint density at radius 1 is 1.73 bits per heavy atom. The molecule has 2 heterocycles. The molecular formula is C7H11NO3. The van der Waals surface area contributed by atoms with E-state index in [-0.39, 0.29) is 0 Å². The van der Waals surface area contributed by atoms with Gasteiger partial charge in [0.25, 0.3) is 0 Å². The van der Waals surface area contributed by atoms with E-state index in [1.54, 1.807) is 0 Å². The highest BCUT2D eigenvalue weighted by Crippen LogP contribution is 2.30. The number of carboxylic acids is 1. The van der Waals surface area contributed by atoms with E-state index in [1.165, 1.54) is 0 Å². The van der Waals surface area contributed by atoms with Crippen molar-refractivity contribution in [3.8, 4) is 0 Å². The Morgan fingerprint density at radius 3 is 3.18 bits per heavy atom. The van der Waals surface area contributed by atoms with E-state index in [1.807, 2.05) is 0 Å². The van der Waals surface area contributed by atoms with Crippen LogP contribution in [0, 0.1) is 0 Å². The molecule has 2 N–H and O–H groups in total. The standard InChI is InChI=1S/C7H11NO3/c9-6(10)7-3-5(8-4-7)1-2-11-7/h5,8H,1-4H2,(H,9,10). The van der Waals surface area contributed by atoms with Crippen LogP contribution in [0.25, 0.3) is 0 Å². The molecule has 0 spiro atoms. The first-order chi connectivity index (χ1) is 5.23. The summed E-state index contributed by atoms with van der Waals surface area (Å²) in [5.41, 5.74) is -0.900. The van der Waals surface area contributed by atoms with Gasteiger partial charge in [0.05, 0.1) is 0 Å². The number of hydrogen-bond acceptors (Lipinski definition) is 3. The molecular weight excluding hydrogens is 146 g/mol. The van der Waals surface area contributed by atoms with Gasteiger partial charge in [0.15, 0.2) is 5.60 Å². The van der Waals surface area contributed by atoms with Crippen molar-refractivity contribution in [2.24, 2.45) is 0 Å². The van der Waals surface area contributed by atoms with Crippen LogP contribution in [0.1, 0.15) is 12.8 Å². The molecule has 2 saturated heterocycles. The zero-order valence-corrected chi connectivity index (χ0v) is 6.17. The van der Waals surface area contributed by atoms with Gasteiger partial charge < -0.3 is 15.2 Å². The summed E-state index contributed by atoms with van der Waals surface area (Å²) in [6.07, 6.45) is 1.57. The van der Waals surface area contributed by atoms with Crippen LogP contribution in [0.3, 0.4) is 0 Å². The Labute approximate surface area is 64.5 Å². The zero-order valence-electron chi connectivity index (χ0n) is 6.17. The third-order valence-corrected chi connectivity index (χ3v) is 2.49. The summed E-state index contributed by atoms with van der Waals surface area (Å²) in [5.74, 6) is -0.827. The number of carboxylic acid groups (broad SMARTS) is 1. The maximum absolute atomic E-state index is 10.8. The van der Waals surface area contributed by atoms with Gasteiger partial charge in [0.1, 0.15) is 0 Å². The van der Waals surface area contributed by atoms with Gasteiger partial charge in [0, 0.05) is 25.6 Å². The van der Waals surface area contributed by atoms with Gasteiger partial charge in [-0.25, -0.2) is 4.79 Å². The van der Waals surface area contributed by atoms with Crippen LogP contribution in [-0.4, -0.2) is 35.9 Å². The van der Waals surface area contributed by atoms with E-state index in [0.717, 1.165) is 6.42 Å². The molecule has 4 heteroatoms. The van der Waals surface area contributed by atoms with Gasteiger partial charge in [-0.1, -0.05) is 0 Å². The second kappa shape index (κ2) is 2.19. The molecule has 0 aromatic rings. The number of nitrogens with one attached hydrogen (secondary N) is 1. The fraction of sp³-hybridized carbons (Fsp3) is 0.857. The summed E-state index contributed by atoms with van der Waals surface area (Å²) in [6.45, 7) is 1.04. The summed E-state index contributed by atoms with van der Waals surface area (Å²) in [7, 11) is 0. The predicted octanol–water partition coefficient (Wildman–Crippen LogP) is -0.408. The largest absolute Gasteiger partial charge is 0.479 e. The molecule has 0 aromatic carbocycles. The van der Waals surface area contributed by atoms with E-state index < -0.39 is 11.6 Å². The lowest BCUT2D eigenvalue weighted by molar-refractivity contribution is -0.166. The van der Waals surface area contributed by atoms with Gasteiger partial charge in [-0.05, 0) is 6.42 Å². The third-order valence-electron chi connectivity index (χ3n) is 2.49. The summed E-state index contributed by atoms with van der Waals surface area (Å²) in [4.78, 5) is 10.8. The van der Waals surface area contributed by atoms with Crippen molar-refractivity contribution in [3.63, 3.8) is 0 Å². The smallest absolute Gasteiger partial charge is 0.337 e. The Hall–Kier alpha value is -0.610. The first-order valence-corrected chi connectivity index (χ1v) is 3.84. The number of ether oxygens (including phenoxy) is 1. The number of rotatable bonds is 1. The Kier molecular flexibility index (Phi) is 1.40. The third kappa shape index (κ3) is 0.937. The molecule has 62 valence electrons. The minimum Gasteiger partial charge on any atom is -0.479 e. The second-order valence-corrected chi connectivity index (χ2v) is 3.22. The van der Waals surface area contributed by atoms with Gasteiger partial charge in [-0.2, -0.15) is 0 Å². The molecule has 4 nitrogen and oxygen atoms in total. The first kappa shape index (κ1) is 7.06. The monoisotopic (exact) mass is 157 g/mol. The van der Waals surface area contributed by atoms with Crippen molar-refractivity contribution in [2.75, 3.05) is 13.2 Å². The van der Waals surface area contributed by atoms with Crippen LogP contribution < -0.4 is 5.32 Å². The topological polar surface area (TPSA) is 58.6 Å². The first-order valence-electron chi connectivity index (χ1n) is 3.84. The molecule has 0 aromatic heterocycles. The van der Waals surface area contributed by atoms with Gasteiger partial charge >= 0.3 is 5.97 Å². The van der Waals surface area contributed by atoms with Crippen LogP contribution in [0.5, 0.6) is 0 Å². The summed E-state index contributed by atoms with van der Waals surface area (Å²) in [5, 5.41) is 12.0. The second-order valence-electron chi connectivity index (χ2n) is 3.22. The summed E-state index contributed by atoms with van der Waals surface area (Å²) in [6, 6.07) is 0.361. The van der Waals surface area contributed by atoms with E-state index >= 15 is 0 Å². The lowest BCUT2D eigenvalue weighted by Gasteiger charge is -2.27.